The van der Waals surface area contributed by atoms with Crippen LogP contribution in [0.5, 0.6) is 0 Å². The maximum absolute atomic E-state index is 12.3. The first-order valence-corrected chi connectivity index (χ1v) is 7.11. The van der Waals surface area contributed by atoms with Crippen LogP contribution in [0.25, 0.3) is 0 Å². The van der Waals surface area contributed by atoms with Crippen LogP contribution in [-0.4, -0.2) is 27.5 Å². The van der Waals surface area contributed by atoms with Crippen LogP contribution in [0.1, 0.15) is 29.6 Å². The van der Waals surface area contributed by atoms with Gasteiger partial charge < -0.3 is 0 Å². The summed E-state index contributed by atoms with van der Waals surface area (Å²) < 4.78 is 14.3. The predicted molar refractivity (Wildman–Crippen MR) is 69.9 cm³/mol. The Bertz CT molecular complexity index is 458. The quantitative estimate of drug-likeness (QED) is 0.483. The molecular formula is C12H17N3O2S. The van der Waals surface area contributed by atoms with Crippen molar-refractivity contribution < 1.29 is 9.00 Å². The second kappa shape index (κ2) is 6.08. The summed E-state index contributed by atoms with van der Waals surface area (Å²) in [4.78, 5) is 12.1. The number of nitrogens with zero attached hydrogens (tertiary/aromatic N) is 1. The number of hydrazine groups is 1. The molecule has 1 unspecified atom stereocenters. The SMILES string of the molecule is NNC(=O)c1cccc(S(=O)N2CCCCC2)c1. The highest BCUT2D eigenvalue weighted by atomic mass is 32.2. The van der Waals surface area contributed by atoms with Crippen molar-refractivity contribution in [2.75, 3.05) is 13.1 Å². The summed E-state index contributed by atoms with van der Waals surface area (Å²) in [6.07, 6.45) is 3.35. The molecule has 1 aliphatic rings. The average Bonchev–Trinajstić information content (AvgIpc) is 2.46. The van der Waals surface area contributed by atoms with Crippen LogP contribution in [0.3, 0.4) is 0 Å². The number of hydrogen-bond acceptors (Lipinski definition) is 3. The number of nitrogen functional groups attached to an aromatic ring is 1. The molecule has 0 radical (unpaired) electrons. The molecular weight excluding hydrogens is 250 g/mol. The zero-order valence-corrected chi connectivity index (χ0v) is 10.9. The number of amides is 1. The van der Waals surface area contributed by atoms with E-state index in [0.717, 1.165) is 25.9 Å². The molecule has 0 aliphatic carbocycles. The van der Waals surface area contributed by atoms with Crippen molar-refractivity contribution in [1.82, 2.24) is 9.73 Å². The number of benzene rings is 1. The number of hydrogen-bond donors (Lipinski definition) is 2. The Labute approximate surface area is 109 Å². The van der Waals surface area contributed by atoms with Gasteiger partial charge in [-0.05, 0) is 31.0 Å². The van der Waals surface area contributed by atoms with Crippen LogP contribution in [0.2, 0.25) is 0 Å². The third-order valence-electron chi connectivity index (χ3n) is 2.98. The topological polar surface area (TPSA) is 75.4 Å². The van der Waals surface area contributed by atoms with E-state index in [1.54, 1.807) is 24.3 Å². The highest BCUT2D eigenvalue weighted by Gasteiger charge is 2.18. The molecule has 1 aliphatic heterocycles. The van der Waals surface area contributed by atoms with E-state index >= 15 is 0 Å². The molecule has 1 saturated heterocycles. The second-order valence-electron chi connectivity index (χ2n) is 4.24. The van der Waals surface area contributed by atoms with Crippen molar-refractivity contribution in [3.8, 4) is 0 Å². The van der Waals surface area contributed by atoms with E-state index in [4.69, 9.17) is 5.84 Å². The minimum Gasteiger partial charge on any atom is -0.290 e. The zero-order valence-electron chi connectivity index (χ0n) is 10.1. The standard InChI is InChI=1S/C12H17N3O2S/c13-14-12(16)10-5-4-6-11(9-10)18(17)15-7-2-1-3-8-15/h4-6,9H,1-3,7-8,13H2,(H,14,16). The number of nitrogens with one attached hydrogen (secondary N) is 1. The highest BCUT2D eigenvalue weighted by molar-refractivity contribution is 7.82. The van der Waals surface area contributed by atoms with Gasteiger partial charge in [0.05, 0.1) is 4.90 Å². The molecule has 1 amide bonds. The molecule has 3 N–H and O–H groups in total. The Balaban J connectivity index is 2.17. The molecule has 0 spiro atoms. The van der Waals surface area contributed by atoms with Crippen LogP contribution in [0.4, 0.5) is 0 Å². The van der Waals surface area contributed by atoms with Gasteiger partial charge in [0.2, 0.25) is 0 Å². The van der Waals surface area contributed by atoms with Gasteiger partial charge in [-0.15, -0.1) is 0 Å². The third-order valence-corrected chi connectivity index (χ3v) is 4.47. The Morgan fingerprint density at radius 2 is 2.00 bits per heavy atom. The van der Waals surface area contributed by atoms with Gasteiger partial charge in [0, 0.05) is 18.7 Å². The largest absolute Gasteiger partial charge is 0.290 e. The van der Waals surface area contributed by atoms with Gasteiger partial charge in [-0.25, -0.2) is 14.4 Å². The molecule has 0 bridgehead atoms. The Morgan fingerprint density at radius 1 is 1.28 bits per heavy atom. The molecule has 1 atom stereocenters. The summed E-state index contributed by atoms with van der Waals surface area (Å²) in [6, 6.07) is 6.78. The smallest absolute Gasteiger partial charge is 0.265 e. The van der Waals surface area contributed by atoms with E-state index in [0.29, 0.717) is 10.5 Å². The molecule has 0 saturated carbocycles. The molecule has 2 rings (SSSR count). The van der Waals surface area contributed by atoms with E-state index in [1.165, 1.54) is 6.42 Å². The fourth-order valence-corrected chi connectivity index (χ4v) is 3.32. The van der Waals surface area contributed by atoms with Crippen LogP contribution in [-0.2, 0) is 11.0 Å². The fourth-order valence-electron chi connectivity index (χ4n) is 2.01. The van der Waals surface area contributed by atoms with Gasteiger partial charge in [-0.2, -0.15) is 0 Å². The van der Waals surface area contributed by atoms with Crippen molar-refractivity contribution in [3.05, 3.63) is 29.8 Å². The maximum atomic E-state index is 12.3. The van der Waals surface area contributed by atoms with Gasteiger partial charge in [0.1, 0.15) is 11.0 Å². The summed E-state index contributed by atoms with van der Waals surface area (Å²) in [5.41, 5.74) is 2.51. The Kier molecular flexibility index (Phi) is 4.46. The summed E-state index contributed by atoms with van der Waals surface area (Å²) >= 11 is 0. The van der Waals surface area contributed by atoms with Gasteiger partial charge in [0.15, 0.2) is 0 Å². The van der Waals surface area contributed by atoms with E-state index in [9.17, 15) is 9.00 Å². The van der Waals surface area contributed by atoms with Crippen LogP contribution < -0.4 is 11.3 Å². The lowest BCUT2D eigenvalue weighted by Crippen LogP contribution is -2.32. The lowest BCUT2D eigenvalue weighted by atomic mass is 10.2. The van der Waals surface area contributed by atoms with E-state index in [2.05, 4.69) is 5.43 Å². The predicted octanol–water partition coefficient (Wildman–Crippen LogP) is 0.799. The lowest BCUT2D eigenvalue weighted by molar-refractivity contribution is 0.0953. The van der Waals surface area contributed by atoms with Crippen molar-refractivity contribution >= 4 is 16.9 Å². The Hall–Kier alpha value is -1.24. The number of nitrogens with two attached hydrogens (primary N) is 1. The van der Waals surface area contributed by atoms with Gasteiger partial charge in [-0.1, -0.05) is 12.5 Å². The molecule has 0 aromatic heterocycles. The first kappa shape index (κ1) is 13.2. The maximum Gasteiger partial charge on any atom is 0.265 e. The molecule has 6 heteroatoms. The Morgan fingerprint density at radius 3 is 2.67 bits per heavy atom. The first-order chi connectivity index (χ1) is 8.72. The number of carbonyl (C=O) groups is 1. The van der Waals surface area contributed by atoms with Gasteiger partial charge in [0.25, 0.3) is 5.91 Å². The summed E-state index contributed by atoms with van der Waals surface area (Å²) in [5.74, 6) is 4.72. The normalized spacial score (nSPS) is 18.3. The molecule has 5 nitrogen and oxygen atoms in total. The van der Waals surface area contributed by atoms with Gasteiger partial charge >= 0.3 is 0 Å². The molecule has 1 aromatic carbocycles. The van der Waals surface area contributed by atoms with E-state index in [-0.39, 0.29) is 5.91 Å². The van der Waals surface area contributed by atoms with E-state index < -0.39 is 11.0 Å². The zero-order chi connectivity index (χ0) is 13.0. The number of piperidine rings is 1. The van der Waals surface area contributed by atoms with Gasteiger partial charge in [-0.3, -0.25) is 10.2 Å². The summed E-state index contributed by atoms with van der Waals surface area (Å²) in [5, 5.41) is 0. The van der Waals surface area contributed by atoms with Crippen molar-refractivity contribution in [1.29, 1.82) is 0 Å². The highest BCUT2D eigenvalue weighted by Crippen LogP contribution is 2.17. The minimum atomic E-state index is -1.19. The van der Waals surface area contributed by atoms with Crippen LogP contribution in [0, 0.1) is 0 Å². The van der Waals surface area contributed by atoms with Crippen molar-refractivity contribution in [2.24, 2.45) is 5.84 Å². The van der Waals surface area contributed by atoms with Crippen molar-refractivity contribution in [3.63, 3.8) is 0 Å². The minimum absolute atomic E-state index is 0.368. The molecule has 18 heavy (non-hydrogen) atoms. The third kappa shape index (κ3) is 2.95. The summed E-state index contributed by atoms with van der Waals surface area (Å²) in [7, 11) is -1.19. The average molecular weight is 267 g/mol. The molecule has 1 aromatic rings. The molecule has 98 valence electrons. The molecule has 1 heterocycles. The first-order valence-electron chi connectivity index (χ1n) is 6.00. The number of rotatable bonds is 3. The fraction of sp³-hybridized carbons (Fsp3) is 0.417. The second-order valence-corrected chi connectivity index (χ2v) is 5.73. The number of carbonyl (C=O) groups excluding carboxylic acids is 1. The van der Waals surface area contributed by atoms with E-state index in [1.807, 2.05) is 4.31 Å². The molecule has 1 fully saturated rings. The van der Waals surface area contributed by atoms with Crippen molar-refractivity contribution in [2.45, 2.75) is 24.2 Å². The van der Waals surface area contributed by atoms with Crippen LogP contribution >= 0.6 is 0 Å². The lowest BCUT2D eigenvalue weighted by Gasteiger charge is -2.25. The summed E-state index contributed by atoms with van der Waals surface area (Å²) in [6.45, 7) is 1.69. The monoisotopic (exact) mass is 267 g/mol. The van der Waals surface area contributed by atoms with Crippen LogP contribution in [0.15, 0.2) is 29.2 Å².